The fourth-order valence-electron chi connectivity index (χ4n) is 1.44. The first-order chi connectivity index (χ1) is 6.08. The molecular weight excluding hydrogens is 172 g/mol. The summed E-state index contributed by atoms with van der Waals surface area (Å²) in [5.74, 6) is -0.738. The Kier molecular flexibility index (Phi) is 1.89. The summed E-state index contributed by atoms with van der Waals surface area (Å²) in [6.07, 6.45) is 2.00. The molecule has 2 rings (SSSR count). The van der Waals surface area contributed by atoms with Crippen molar-refractivity contribution in [3.8, 4) is 0 Å². The quantitative estimate of drug-likeness (QED) is 0.553. The predicted octanol–water partition coefficient (Wildman–Crippen LogP) is 0.619. The lowest BCUT2D eigenvalue weighted by Gasteiger charge is -2.40. The van der Waals surface area contributed by atoms with Crippen molar-refractivity contribution in [3.05, 3.63) is 12.3 Å². The van der Waals surface area contributed by atoms with Crippen molar-refractivity contribution < 1.29 is 19.0 Å². The van der Waals surface area contributed by atoms with Crippen LogP contribution < -0.4 is 0 Å². The predicted molar refractivity (Wildman–Crippen MR) is 43.9 cm³/mol. The number of hydrogen-bond acceptors (Lipinski definition) is 4. The summed E-state index contributed by atoms with van der Waals surface area (Å²) in [4.78, 5) is 11.4. The highest BCUT2D eigenvalue weighted by atomic mass is 16.7. The lowest BCUT2D eigenvalue weighted by atomic mass is 10.1. The topological polar surface area (TPSA) is 44.8 Å². The SMILES string of the molecule is CC1(C)OC[C@@H]2OC=CC(=O)[C@@H]2O1. The van der Waals surface area contributed by atoms with E-state index in [1.807, 2.05) is 0 Å². The molecule has 2 atom stereocenters. The average Bonchev–Trinajstić information content (AvgIpc) is 2.06. The Morgan fingerprint density at radius 3 is 3.08 bits per heavy atom. The van der Waals surface area contributed by atoms with Crippen LogP contribution in [-0.4, -0.2) is 30.4 Å². The van der Waals surface area contributed by atoms with Gasteiger partial charge < -0.3 is 14.2 Å². The largest absolute Gasteiger partial charge is 0.492 e. The van der Waals surface area contributed by atoms with Crippen LogP contribution >= 0.6 is 0 Å². The highest BCUT2D eigenvalue weighted by Gasteiger charge is 2.42. The zero-order valence-corrected chi connectivity index (χ0v) is 7.65. The minimum Gasteiger partial charge on any atom is -0.492 e. The second-order valence-electron chi connectivity index (χ2n) is 3.63. The van der Waals surface area contributed by atoms with Gasteiger partial charge in [0, 0.05) is 6.08 Å². The van der Waals surface area contributed by atoms with Crippen molar-refractivity contribution in [3.63, 3.8) is 0 Å². The molecule has 2 aliphatic heterocycles. The maximum atomic E-state index is 11.4. The zero-order valence-electron chi connectivity index (χ0n) is 7.65. The number of hydrogen-bond donors (Lipinski definition) is 0. The Morgan fingerprint density at radius 1 is 1.54 bits per heavy atom. The van der Waals surface area contributed by atoms with Crippen LogP contribution in [0.25, 0.3) is 0 Å². The van der Waals surface area contributed by atoms with E-state index in [-0.39, 0.29) is 11.9 Å². The zero-order chi connectivity index (χ0) is 9.47. The summed E-state index contributed by atoms with van der Waals surface area (Å²) in [7, 11) is 0. The van der Waals surface area contributed by atoms with Gasteiger partial charge in [0.1, 0.15) is 0 Å². The van der Waals surface area contributed by atoms with E-state index >= 15 is 0 Å². The van der Waals surface area contributed by atoms with Gasteiger partial charge in [0.2, 0.25) is 0 Å². The van der Waals surface area contributed by atoms with E-state index in [1.165, 1.54) is 12.3 Å². The number of carbonyl (C=O) groups is 1. The van der Waals surface area contributed by atoms with E-state index in [0.717, 1.165) is 0 Å². The third kappa shape index (κ3) is 1.59. The van der Waals surface area contributed by atoms with Gasteiger partial charge in [-0.15, -0.1) is 0 Å². The first-order valence-corrected chi connectivity index (χ1v) is 4.26. The third-order valence-corrected chi connectivity index (χ3v) is 2.11. The van der Waals surface area contributed by atoms with Crippen LogP contribution in [-0.2, 0) is 19.0 Å². The highest BCUT2D eigenvalue weighted by Crippen LogP contribution is 2.26. The molecule has 0 bridgehead atoms. The van der Waals surface area contributed by atoms with Crippen LogP contribution in [0.5, 0.6) is 0 Å². The summed E-state index contributed by atoms with van der Waals surface area (Å²) >= 11 is 0. The van der Waals surface area contributed by atoms with Crippen LogP contribution in [0.4, 0.5) is 0 Å². The third-order valence-electron chi connectivity index (χ3n) is 2.11. The molecule has 2 heterocycles. The maximum Gasteiger partial charge on any atom is 0.191 e. The number of carbonyl (C=O) groups excluding carboxylic acids is 1. The number of rotatable bonds is 0. The monoisotopic (exact) mass is 184 g/mol. The molecule has 4 nitrogen and oxygen atoms in total. The van der Waals surface area contributed by atoms with Crippen LogP contribution in [0.15, 0.2) is 12.3 Å². The van der Waals surface area contributed by atoms with E-state index < -0.39 is 11.9 Å². The summed E-state index contributed by atoms with van der Waals surface area (Å²) in [5, 5.41) is 0. The number of ketones is 1. The summed E-state index contributed by atoms with van der Waals surface area (Å²) in [6, 6.07) is 0. The summed E-state index contributed by atoms with van der Waals surface area (Å²) in [6.45, 7) is 3.97. The fourth-order valence-corrected chi connectivity index (χ4v) is 1.44. The van der Waals surface area contributed by atoms with Gasteiger partial charge in [-0.3, -0.25) is 4.79 Å². The smallest absolute Gasteiger partial charge is 0.191 e. The molecule has 0 N–H and O–H groups in total. The van der Waals surface area contributed by atoms with Crippen molar-refractivity contribution in [2.24, 2.45) is 0 Å². The van der Waals surface area contributed by atoms with Crippen molar-refractivity contribution in [1.82, 2.24) is 0 Å². The number of ether oxygens (including phenoxy) is 3. The molecule has 0 aliphatic carbocycles. The van der Waals surface area contributed by atoms with Crippen molar-refractivity contribution in [2.75, 3.05) is 6.61 Å². The van der Waals surface area contributed by atoms with Gasteiger partial charge in [-0.25, -0.2) is 0 Å². The molecule has 0 aromatic rings. The molecule has 0 aromatic heterocycles. The Balaban J connectivity index is 2.16. The van der Waals surface area contributed by atoms with Crippen LogP contribution in [0.1, 0.15) is 13.8 Å². The van der Waals surface area contributed by atoms with Crippen LogP contribution in [0.2, 0.25) is 0 Å². The van der Waals surface area contributed by atoms with E-state index in [4.69, 9.17) is 14.2 Å². The molecule has 0 amide bonds. The minimum absolute atomic E-state index is 0.0485. The maximum absolute atomic E-state index is 11.4. The fraction of sp³-hybridized carbons (Fsp3) is 0.667. The summed E-state index contributed by atoms with van der Waals surface area (Å²) in [5.41, 5.74) is 0. The first kappa shape index (κ1) is 8.72. The Bertz CT molecular complexity index is 256. The molecule has 13 heavy (non-hydrogen) atoms. The molecule has 0 aromatic carbocycles. The van der Waals surface area contributed by atoms with Gasteiger partial charge in [-0.1, -0.05) is 0 Å². The van der Waals surface area contributed by atoms with Crippen molar-refractivity contribution in [2.45, 2.75) is 31.8 Å². The second kappa shape index (κ2) is 2.82. The average molecular weight is 184 g/mol. The van der Waals surface area contributed by atoms with Crippen molar-refractivity contribution >= 4 is 5.78 Å². The highest BCUT2D eigenvalue weighted by molar-refractivity contribution is 5.94. The van der Waals surface area contributed by atoms with E-state index in [9.17, 15) is 4.79 Å². The molecule has 0 saturated carbocycles. The standard InChI is InChI=1S/C9H12O4/c1-9(2)12-5-7-8(13-9)6(10)3-4-11-7/h3-4,7-8H,5H2,1-2H3/t7-,8-/m0/s1. The van der Waals surface area contributed by atoms with Gasteiger partial charge >= 0.3 is 0 Å². The lowest BCUT2D eigenvalue weighted by Crippen LogP contribution is -2.53. The molecule has 1 saturated heterocycles. The van der Waals surface area contributed by atoms with Gasteiger partial charge in [0.25, 0.3) is 0 Å². The van der Waals surface area contributed by atoms with Crippen LogP contribution in [0, 0.1) is 0 Å². The van der Waals surface area contributed by atoms with Gasteiger partial charge in [0.15, 0.2) is 23.8 Å². The molecule has 4 heteroatoms. The van der Waals surface area contributed by atoms with Gasteiger partial charge in [-0.05, 0) is 13.8 Å². The Morgan fingerprint density at radius 2 is 2.31 bits per heavy atom. The van der Waals surface area contributed by atoms with Gasteiger partial charge in [0.05, 0.1) is 12.9 Å². The molecule has 1 fully saturated rings. The molecule has 0 spiro atoms. The Labute approximate surface area is 76.5 Å². The van der Waals surface area contributed by atoms with E-state index in [0.29, 0.717) is 6.61 Å². The normalized spacial score (nSPS) is 36.6. The molecular formula is C9H12O4. The molecule has 0 radical (unpaired) electrons. The first-order valence-electron chi connectivity index (χ1n) is 4.26. The second-order valence-corrected chi connectivity index (χ2v) is 3.63. The molecule has 72 valence electrons. The molecule has 0 unspecified atom stereocenters. The van der Waals surface area contributed by atoms with Crippen LogP contribution in [0.3, 0.4) is 0 Å². The van der Waals surface area contributed by atoms with E-state index in [1.54, 1.807) is 13.8 Å². The lowest BCUT2D eigenvalue weighted by molar-refractivity contribution is -0.297. The minimum atomic E-state index is -0.689. The van der Waals surface area contributed by atoms with Crippen molar-refractivity contribution in [1.29, 1.82) is 0 Å². The number of fused-ring (bicyclic) bond motifs is 1. The Hall–Kier alpha value is -0.870. The van der Waals surface area contributed by atoms with E-state index in [2.05, 4.69) is 0 Å². The van der Waals surface area contributed by atoms with Gasteiger partial charge in [-0.2, -0.15) is 0 Å². The summed E-state index contributed by atoms with van der Waals surface area (Å²) < 4.78 is 16.0. The molecule has 2 aliphatic rings.